The molecule has 174 valence electrons. The van der Waals surface area contributed by atoms with Gasteiger partial charge in [0.1, 0.15) is 12.0 Å². The molecule has 0 fully saturated rings. The number of carbonyl (C=O) groups is 1. The number of aromatic nitrogens is 2. The van der Waals surface area contributed by atoms with Crippen LogP contribution in [0.15, 0.2) is 30.3 Å². The van der Waals surface area contributed by atoms with E-state index in [0.717, 1.165) is 6.26 Å². The predicted molar refractivity (Wildman–Crippen MR) is 114 cm³/mol. The van der Waals surface area contributed by atoms with Gasteiger partial charge in [-0.25, -0.2) is 27.2 Å². The smallest absolute Gasteiger partial charge is 0.550 e. The maximum absolute atomic E-state index is 13.7. The number of sulfonamides is 1. The number of nitrogens with one attached hydrogen (secondary N) is 1. The Balaban J connectivity index is 0.00000544. The first kappa shape index (κ1) is 29.1. The molecule has 0 amide bonds. The Morgan fingerprint density at radius 1 is 1.24 bits per heavy atom. The molecule has 0 radical (unpaired) electrons. The maximum atomic E-state index is 13.7. The summed E-state index contributed by atoms with van der Waals surface area (Å²) in [5, 5.41) is 20.6. The first-order valence-corrected chi connectivity index (χ1v) is 11.6. The second kappa shape index (κ2) is 12.5. The van der Waals surface area contributed by atoms with E-state index in [-0.39, 0.29) is 47.1 Å². The van der Waals surface area contributed by atoms with Crippen molar-refractivity contribution < 1.29 is 61.8 Å². The SMILES string of the molecule is CC(C)c1nc(NS(C)(=O)=O)nc(-c2ccc(F)cc2)c1/C=C/[C@H](O)C[C@H](F)CC(=O)[O-].[Na+]. The molecule has 0 saturated heterocycles. The van der Waals surface area contributed by atoms with Gasteiger partial charge in [0.25, 0.3) is 0 Å². The van der Waals surface area contributed by atoms with E-state index in [1.165, 1.54) is 36.4 Å². The van der Waals surface area contributed by atoms with Crippen LogP contribution in [0.4, 0.5) is 14.7 Å². The number of hydrogen-bond donors (Lipinski definition) is 2. The molecule has 0 aliphatic carbocycles. The van der Waals surface area contributed by atoms with Gasteiger partial charge < -0.3 is 15.0 Å². The van der Waals surface area contributed by atoms with Crippen LogP contribution in [0.5, 0.6) is 0 Å². The molecule has 2 N–H and O–H groups in total. The van der Waals surface area contributed by atoms with Crippen LogP contribution >= 0.6 is 0 Å². The summed E-state index contributed by atoms with van der Waals surface area (Å²) in [6, 6.07) is 5.34. The van der Waals surface area contributed by atoms with Gasteiger partial charge in [-0.3, -0.25) is 4.72 Å². The molecule has 2 aromatic rings. The van der Waals surface area contributed by atoms with E-state index in [1.54, 1.807) is 0 Å². The molecule has 0 saturated carbocycles. The second-order valence-corrected chi connectivity index (χ2v) is 9.31. The number of halogens is 2. The number of carboxylic acid groups (broad SMARTS) is 1. The van der Waals surface area contributed by atoms with Gasteiger partial charge in [0.2, 0.25) is 16.0 Å². The summed E-state index contributed by atoms with van der Waals surface area (Å²) in [6.45, 7) is 3.62. The Kier molecular flexibility index (Phi) is 11.0. The number of benzene rings is 1. The van der Waals surface area contributed by atoms with E-state index in [2.05, 4.69) is 14.7 Å². The van der Waals surface area contributed by atoms with E-state index in [1.807, 2.05) is 13.8 Å². The Morgan fingerprint density at radius 3 is 2.36 bits per heavy atom. The van der Waals surface area contributed by atoms with Crippen molar-refractivity contribution in [2.45, 2.75) is 44.9 Å². The summed E-state index contributed by atoms with van der Waals surface area (Å²) in [4.78, 5) is 19.0. The van der Waals surface area contributed by atoms with E-state index in [9.17, 15) is 32.2 Å². The van der Waals surface area contributed by atoms with E-state index < -0.39 is 46.9 Å². The molecule has 1 aromatic heterocycles. The third kappa shape index (κ3) is 9.46. The summed E-state index contributed by atoms with van der Waals surface area (Å²) in [7, 11) is -3.68. The Labute approximate surface area is 213 Å². The van der Waals surface area contributed by atoms with Gasteiger partial charge in [-0.1, -0.05) is 26.0 Å². The summed E-state index contributed by atoms with van der Waals surface area (Å²) in [5.41, 5.74) is 1.58. The standard InChI is InChI=1S/C21H25F2N3O5S.Na/c1-12(2)19-17(9-8-16(27)10-15(23)11-18(28)29)20(13-4-6-14(22)7-5-13)25-21(24-19)26-32(3,30)31;/h4-9,12,15-16,27H,10-11H2,1-3H3,(H,28,29)(H,24,25,26);/q;+1/p-1/b9-8+;/t15-,16-;/m0./s1. The molecule has 12 heteroatoms. The predicted octanol–water partition coefficient (Wildman–Crippen LogP) is -0.976. The number of rotatable bonds is 10. The number of aliphatic carboxylic acids is 1. The fourth-order valence-corrected chi connectivity index (χ4v) is 3.37. The molecule has 0 bridgehead atoms. The average Bonchev–Trinajstić information content (AvgIpc) is 2.64. The molecule has 2 rings (SSSR count). The van der Waals surface area contributed by atoms with Crippen molar-refractivity contribution in [1.82, 2.24) is 9.97 Å². The van der Waals surface area contributed by atoms with Crippen LogP contribution in [0.1, 0.15) is 43.9 Å². The first-order chi connectivity index (χ1) is 14.9. The molecular weight excluding hydrogens is 467 g/mol. The molecule has 1 heterocycles. The van der Waals surface area contributed by atoms with Crippen molar-refractivity contribution in [3.05, 3.63) is 47.4 Å². The van der Waals surface area contributed by atoms with Crippen LogP contribution in [-0.2, 0) is 14.8 Å². The molecular formula is C21H24F2N3NaO5S. The van der Waals surface area contributed by atoms with Gasteiger partial charge in [-0.2, -0.15) is 0 Å². The molecule has 0 aliphatic heterocycles. The first-order valence-electron chi connectivity index (χ1n) is 9.71. The zero-order valence-electron chi connectivity index (χ0n) is 18.7. The quantitative estimate of drug-likeness (QED) is 0.409. The number of carbonyl (C=O) groups excluding carboxylic acids is 1. The molecule has 2 atom stereocenters. The van der Waals surface area contributed by atoms with Gasteiger partial charge in [0.05, 0.1) is 23.7 Å². The summed E-state index contributed by atoms with van der Waals surface area (Å²) in [6.07, 6.45) is -0.720. The zero-order valence-corrected chi connectivity index (χ0v) is 21.6. The number of carboxylic acids is 1. The van der Waals surface area contributed by atoms with Gasteiger partial charge in [0, 0.05) is 29.9 Å². The summed E-state index contributed by atoms with van der Waals surface area (Å²) < 4.78 is 52.7. The molecule has 0 unspecified atom stereocenters. The van der Waals surface area contributed by atoms with E-state index in [4.69, 9.17) is 0 Å². The van der Waals surface area contributed by atoms with Crippen LogP contribution in [-0.4, -0.2) is 48.0 Å². The molecule has 0 aliphatic rings. The number of nitrogens with zero attached hydrogens (tertiary/aromatic N) is 2. The van der Waals surface area contributed by atoms with Gasteiger partial charge in [-0.15, -0.1) is 0 Å². The summed E-state index contributed by atoms with van der Waals surface area (Å²) >= 11 is 0. The monoisotopic (exact) mass is 491 g/mol. The van der Waals surface area contributed by atoms with E-state index in [0.29, 0.717) is 16.8 Å². The third-order valence-corrected chi connectivity index (χ3v) is 4.84. The van der Waals surface area contributed by atoms with Crippen LogP contribution in [0.3, 0.4) is 0 Å². The van der Waals surface area contributed by atoms with E-state index >= 15 is 0 Å². The minimum Gasteiger partial charge on any atom is -0.550 e. The topological polar surface area (TPSA) is 132 Å². The molecule has 33 heavy (non-hydrogen) atoms. The average molecular weight is 491 g/mol. The van der Waals surface area contributed by atoms with Gasteiger partial charge >= 0.3 is 29.6 Å². The Hall–Kier alpha value is -1.92. The van der Waals surface area contributed by atoms with Gasteiger partial charge in [0.15, 0.2) is 0 Å². The molecule has 0 spiro atoms. The maximum Gasteiger partial charge on any atom is 1.00 e. The van der Waals surface area contributed by atoms with Gasteiger partial charge in [-0.05, 0) is 30.2 Å². The Morgan fingerprint density at radius 2 is 1.85 bits per heavy atom. The van der Waals surface area contributed by atoms with Crippen LogP contribution in [0.25, 0.3) is 17.3 Å². The van der Waals surface area contributed by atoms with Crippen LogP contribution in [0, 0.1) is 5.82 Å². The number of aliphatic hydroxyl groups excluding tert-OH is 1. The molecule has 1 aromatic carbocycles. The fraction of sp³-hybridized carbons (Fsp3) is 0.381. The number of hydrogen-bond acceptors (Lipinski definition) is 7. The van der Waals surface area contributed by atoms with Crippen molar-refractivity contribution in [3.63, 3.8) is 0 Å². The largest absolute Gasteiger partial charge is 1.00 e. The normalized spacial score (nSPS) is 13.5. The summed E-state index contributed by atoms with van der Waals surface area (Å²) in [5.74, 6) is -2.42. The second-order valence-electron chi connectivity index (χ2n) is 7.57. The van der Waals surface area contributed by atoms with Crippen molar-refractivity contribution in [2.24, 2.45) is 0 Å². The van der Waals surface area contributed by atoms with Crippen molar-refractivity contribution in [1.29, 1.82) is 0 Å². The van der Waals surface area contributed by atoms with Crippen molar-refractivity contribution in [2.75, 3.05) is 11.0 Å². The zero-order chi connectivity index (χ0) is 24.1. The third-order valence-electron chi connectivity index (χ3n) is 4.29. The number of aliphatic hydroxyl groups is 1. The minimum atomic E-state index is -3.68. The fourth-order valence-electron chi connectivity index (χ4n) is 2.94. The van der Waals surface area contributed by atoms with Crippen molar-refractivity contribution >= 4 is 28.0 Å². The molecule has 8 nitrogen and oxygen atoms in total. The number of alkyl halides is 1. The minimum absolute atomic E-state index is 0. The number of anilines is 1. The van der Waals surface area contributed by atoms with Crippen molar-refractivity contribution in [3.8, 4) is 11.3 Å². The Bertz CT molecular complexity index is 1100. The van der Waals surface area contributed by atoms with Crippen LogP contribution < -0.4 is 39.4 Å². The van der Waals surface area contributed by atoms with Crippen LogP contribution in [0.2, 0.25) is 0 Å².